The minimum atomic E-state index is -0.400. The maximum atomic E-state index is 8.89. The Hall–Kier alpha value is -1.60. The van der Waals surface area contributed by atoms with Crippen LogP contribution in [0, 0.1) is 0 Å². The molecule has 0 aliphatic carbocycles. The zero-order chi connectivity index (χ0) is 15.5. The first-order valence-electron chi connectivity index (χ1n) is 7.37. The van der Waals surface area contributed by atoms with Crippen LogP contribution in [0.5, 0.6) is 0 Å². The highest BCUT2D eigenvalue weighted by Gasteiger charge is 2.33. The predicted molar refractivity (Wildman–Crippen MR) is 82.4 cm³/mol. The van der Waals surface area contributed by atoms with Crippen molar-refractivity contribution in [3.63, 3.8) is 0 Å². The standard InChI is InChI=1S/C14H26N6O/c1-14(2,13(15)17-21)20-10-8-19(9-11-20)7-5-12-4-6-16-18(12)3/h4,6,21H,5,7-11H2,1-3H3,(H2,15,17). The quantitative estimate of drug-likeness (QED) is 0.348. The lowest BCUT2D eigenvalue weighted by Crippen LogP contribution is -2.59. The molecule has 0 unspecified atom stereocenters. The number of amidine groups is 1. The summed E-state index contributed by atoms with van der Waals surface area (Å²) in [5.41, 5.74) is 6.65. The molecular formula is C14H26N6O. The third-order valence-corrected chi connectivity index (χ3v) is 4.50. The highest BCUT2D eigenvalue weighted by Crippen LogP contribution is 2.17. The van der Waals surface area contributed by atoms with Crippen LogP contribution < -0.4 is 5.73 Å². The second kappa shape index (κ2) is 6.44. The maximum Gasteiger partial charge on any atom is 0.159 e. The van der Waals surface area contributed by atoms with Gasteiger partial charge in [-0.15, -0.1) is 0 Å². The van der Waals surface area contributed by atoms with Crippen molar-refractivity contribution in [3.8, 4) is 0 Å². The SMILES string of the molecule is Cn1nccc1CCN1CCN(C(C)(C)/C(N)=N/O)CC1. The van der Waals surface area contributed by atoms with Crippen molar-refractivity contribution < 1.29 is 5.21 Å². The summed E-state index contributed by atoms with van der Waals surface area (Å²) < 4.78 is 1.93. The molecule has 7 nitrogen and oxygen atoms in total. The zero-order valence-corrected chi connectivity index (χ0v) is 13.2. The molecule has 2 heterocycles. The molecule has 1 fully saturated rings. The smallest absolute Gasteiger partial charge is 0.159 e. The molecule has 0 amide bonds. The van der Waals surface area contributed by atoms with Gasteiger partial charge in [-0.25, -0.2) is 0 Å². The molecule has 0 spiro atoms. The highest BCUT2D eigenvalue weighted by atomic mass is 16.4. The number of aryl methyl sites for hydroxylation is 1. The molecule has 1 aliphatic rings. The number of hydrogen-bond acceptors (Lipinski definition) is 5. The van der Waals surface area contributed by atoms with Crippen LogP contribution in [0.1, 0.15) is 19.5 Å². The summed E-state index contributed by atoms with van der Waals surface area (Å²) in [7, 11) is 1.98. The van der Waals surface area contributed by atoms with E-state index in [0.717, 1.165) is 39.1 Å². The van der Waals surface area contributed by atoms with Gasteiger partial charge < -0.3 is 15.8 Å². The Morgan fingerprint density at radius 1 is 1.38 bits per heavy atom. The molecule has 1 aromatic heterocycles. The molecular weight excluding hydrogens is 268 g/mol. The van der Waals surface area contributed by atoms with Crippen LogP contribution in [0.25, 0.3) is 0 Å². The number of rotatable bonds is 5. The first-order chi connectivity index (χ1) is 9.95. The van der Waals surface area contributed by atoms with Gasteiger partial charge in [-0.05, 0) is 19.9 Å². The van der Waals surface area contributed by atoms with Gasteiger partial charge >= 0.3 is 0 Å². The van der Waals surface area contributed by atoms with Crippen molar-refractivity contribution >= 4 is 5.84 Å². The summed E-state index contributed by atoms with van der Waals surface area (Å²) >= 11 is 0. The van der Waals surface area contributed by atoms with Gasteiger partial charge in [0.2, 0.25) is 0 Å². The topological polar surface area (TPSA) is 82.9 Å². The molecule has 21 heavy (non-hydrogen) atoms. The van der Waals surface area contributed by atoms with E-state index in [0.29, 0.717) is 0 Å². The lowest BCUT2D eigenvalue weighted by atomic mass is 10.00. The van der Waals surface area contributed by atoms with Gasteiger partial charge in [-0.2, -0.15) is 5.10 Å². The minimum Gasteiger partial charge on any atom is -0.409 e. The summed E-state index contributed by atoms with van der Waals surface area (Å²) in [5.74, 6) is 0.269. The molecule has 0 bridgehead atoms. The number of piperazine rings is 1. The lowest BCUT2D eigenvalue weighted by molar-refractivity contribution is 0.0835. The molecule has 0 atom stereocenters. The van der Waals surface area contributed by atoms with E-state index in [2.05, 4.69) is 26.1 Å². The van der Waals surface area contributed by atoms with E-state index >= 15 is 0 Å². The van der Waals surface area contributed by atoms with Crippen LogP contribution in [0.2, 0.25) is 0 Å². The summed E-state index contributed by atoms with van der Waals surface area (Å²) in [6, 6.07) is 2.07. The second-order valence-corrected chi connectivity index (χ2v) is 6.07. The van der Waals surface area contributed by atoms with E-state index < -0.39 is 5.54 Å². The number of nitrogens with two attached hydrogens (primary N) is 1. The van der Waals surface area contributed by atoms with Crippen LogP contribution in [0.4, 0.5) is 0 Å². The molecule has 1 aromatic rings. The molecule has 1 aliphatic heterocycles. The first-order valence-corrected chi connectivity index (χ1v) is 7.37. The van der Waals surface area contributed by atoms with Gasteiger partial charge in [-0.1, -0.05) is 5.16 Å². The third-order valence-electron chi connectivity index (χ3n) is 4.50. The largest absolute Gasteiger partial charge is 0.409 e. The summed E-state index contributed by atoms with van der Waals surface area (Å²) in [6.07, 6.45) is 2.85. The lowest BCUT2D eigenvalue weighted by Gasteiger charge is -2.43. The van der Waals surface area contributed by atoms with Crippen molar-refractivity contribution in [2.24, 2.45) is 17.9 Å². The van der Waals surface area contributed by atoms with Gasteiger partial charge in [-0.3, -0.25) is 9.58 Å². The Morgan fingerprint density at radius 3 is 2.57 bits per heavy atom. The monoisotopic (exact) mass is 294 g/mol. The van der Waals surface area contributed by atoms with Crippen molar-refractivity contribution in [2.75, 3.05) is 32.7 Å². The molecule has 2 rings (SSSR count). The van der Waals surface area contributed by atoms with Crippen LogP contribution in [0.3, 0.4) is 0 Å². The summed E-state index contributed by atoms with van der Waals surface area (Å²) in [6.45, 7) is 8.88. The Kier molecular flexibility index (Phi) is 4.84. The van der Waals surface area contributed by atoms with Gasteiger partial charge in [0.1, 0.15) is 0 Å². The highest BCUT2D eigenvalue weighted by molar-refractivity contribution is 5.88. The molecule has 7 heteroatoms. The van der Waals surface area contributed by atoms with Gasteiger partial charge in [0, 0.05) is 58.1 Å². The average Bonchev–Trinajstić information content (AvgIpc) is 2.90. The van der Waals surface area contributed by atoms with Crippen LogP contribution in [0.15, 0.2) is 17.4 Å². The van der Waals surface area contributed by atoms with E-state index in [-0.39, 0.29) is 5.84 Å². The molecule has 1 saturated heterocycles. The van der Waals surface area contributed by atoms with Gasteiger partial charge in [0.15, 0.2) is 5.84 Å². The second-order valence-electron chi connectivity index (χ2n) is 6.07. The number of hydrogen-bond donors (Lipinski definition) is 2. The number of aromatic nitrogens is 2. The number of nitrogens with zero attached hydrogens (tertiary/aromatic N) is 5. The van der Waals surface area contributed by atoms with E-state index in [4.69, 9.17) is 10.9 Å². The molecule has 118 valence electrons. The normalized spacial score (nSPS) is 19.1. The molecule has 3 N–H and O–H groups in total. The van der Waals surface area contributed by atoms with Crippen molar-refractivity contribution in [1.82, 2.24) is 19.6 Å². The average molecular weight is 294 g/mol. The van der Waals surface area contributed by atoms with Gasteiger partial charge in [0.25, 0.3) is 0 Å². The molecule has 0 saturated carbocycles. The summed E-state index contributed by atoms with van der Waals surface area (Å²) in [5, 5.41) is 16.2. The zero-order valence-electron chi connectivity index (χ0n) is 13.2. The Bertz CT molecular complexity index is 487. The van der Waals surface area contributed by atoms with Crippen LogP contribution in [-0.2, 0) is 13.5 Å². The van der Waals surface area contributed by atoms with Crippen LogP contribution >= 0.6 is 0 Å². The van der Waals surface area contributed by atoms with E-state index in [1.165, 1.54) is 5.69 Å². The first kappa shape index (κ1) is 15.8. The van der Waals surface area contributed by atoms with Crippen molar-refractivity contribution in [3.05, 3.63) is 18.0 Å². The predicted octanol–water partition coefficient (Wildman–Crippen LogP) is 0.105. The van der Waals surface area contributed by atoms with Crippen molar-refractivity contribution in [2.45, 2.75) is 25.8 Å². The maximum absolute atomic E-state index is 8.89. The van der Waals surface area contributed by atoms with Crippen molar-refractivity contribution in [1.29, 1.82) is 0 Å². The summed E-state index contributed by atoms with van der Waals surface area (Å²) in [4.78, 5) is 4.72. The van der Waals surface area contributed by atoms with Gasteiger partial charge in [0.05, 0.1) is 5.54 Å². The minimum absolute atomic E-state index is 0.269. The fourth-order valence-corrected chi connectivity index (χ4v) is 2.73. The fourth-order valence-electron chi connectivity index (χ4n) is 2.73. The third kappa shape index (κ3) is 3.54. The molecule has 0 radical (unpaired) electrons. The molecule has 0 aromatic carbocycles. The Labute approximate surface area is 126 Å². The van der Waals surface area contributed by atoms with E-state index in [1.54, 1.807) is 0 Å². The fraction of sp³-hybridized carbons (Fsp3) is 0.714. The van der Waals surface area contributed by atoms with E-state index in [1.807, 2.05) is 31.8 Å². The number of oxime groups is 1. The Morgan fingerprint density at radius 2 is 2.05 bits per heavy atom. The van der Waals surface area contributed by atoms with E-state index in [9.17, 15) is 0 Å². The van der Waals surface area contributed by atoms with Crippen LogP contribution in [-0.4, -0.2) is 68.9 Å². The Balaban J connectivity index is 1.82.